The van der Waals surface area contributed by atoms with Crippen molar-refractivity contribution in [1.29, 1.82) is 0 Å². The maximum atomic E-state index is 5.21. The average molecular weight is 580 g/mol. The molecule has 0 amide bonds. The highest BCUT2D eigenvalue weighted by Crippen LogP contribution is 2.38. The van der Waals surface area contributed by atoms with Gasteiger partial charge < -0.3 is 4.57 Å². The van der Waals surface area contributed by atoms with Crippen molar-refractivity contribution in [2.24, 2.45) is 0 Å². The predicted octanol–water partition coefficient (Wildman–Crippen LogP) is 10.9. The van der Waals surface area contributed by atoms with Gasteiger partial charge in [-0.1, -0.05) is 109 Å². The van der Waals surface area contributed by atoms with E-state index < -0.39 is 0 Å². The van der Waals surface area contributed by atoms with Crippen LogP contribution in [-0.2, 0) is 0 Å². The van der Waals surface area contributed by atoms with E-state index in [0.717, 1.165) is 39.3 Å². The lowest BCUT2D eigenvalue weighted by Gasteiger charge is -2.11. The predicted molar refractivity (Wildman–Crippen MR) is 186 cm³/mol. The zero-order chi connectivity index (χ0) is 29.0. The zero-order valence-electron chi connectivity index (χ0n) is 23.7. The third-order valence-electron chi connectivity index (χ3n) is 8.42. The largest absolute Gasteiger partial charge is 0.309 e. The van der Waals surface area contributed by atoms with Crippen LogP contribution in [0.15, 0.2) is 152 Å². The fraction of sp³-hybridized carbons (Fsp3) is 0. The Kier molecular flexibility index (Phi) is 5.68. The van der Waals surface area contributed by atoms with Crippen LogP contribution < -0.4 is 0 Å². The van der Waals surface area contributed by atoms with Crippen molar-refractivity contribution in [3.63, 3.8) is 0 Å². The lowest BCUT2D eigenvalue weighted by Crippen LogP contribution is -1.97. The molecule has 0 N–H and O–H groups in total. The number of benzene rings is 6. The van der Waals surface area contributed by atoms with E-state index in [4.69, 9.17) is 9.97 Å². The summed E-state index contributed by atoms with van der Waals surface area (Å²) in [7, 11) is 0. The SMILES string of the molecule is c1ccc(-c2cc(-c3ccc4c(c3)sc3ccccc34)nc(-c3ccc4c5ccccc5n(-c5ccccc5)c4c3)n2)cc1. The summed E-state index contributed by atoms with van der Waals surface area (Å²) in [5, 5.41) is 5.03. The Morgan fingerprint density at radius 1 is 0.409 bits per heavy atom. The Balaban J connectivity index is 1.27. The summed E-state index contributed by atoms with van der Waals surface area (Å²) in [6, 6.07) is 53.6. The zero-order valence-corrected chi connectivity index (χ0v) is 24.5. The molecule has 0 aliphatic rings. The van der Waals surface area contributed by atoms with Gasteiger partial charge in [0.15, 0.2) is 5.82 Å². The van der Waals surface area contributed by atoms with Gasteiger partial charge in [0.2, 0.25) is 0 Å². The molecular formula is C40H25N3S. The van der Waals surface area contributed by atoms with Gasteiger partial charge in [0, 0.05) is 53.3 Å². The third kappa shape index (κ3) is 4.03. The van der Waals surface area contributed by atoms with Gasteiger partial charge >= 0.3 is 0 Å². The molecule has 3 nitrogen and oxygen atoms in total. The maximum absolute atomic E-state index is 5.21. The second kappa shape index (κ2) is 10.0. The van der Waals surface area contributed by atoms with E-state index in [1.165, 1.54) is 36.5 Å². The van der Waals surface area contributed by atoms with Crippen molar-refractivity contribution in [1.82, 2.24) is 14.5 Å². The molecule has 3 aromatic heterocycles. The Hall–Kier alpha value is -5.58. The maximum Gasteiger partial charge on any atom is 0.160 e. The van der Waals surface area contributed by atoms with Gasteiger partial charge in [-0.25, -0.2) is 9.97 Å². The molecule has 9 aromatic rings. The Morgan fingerprint density at radius 3 is 1.86 bits per heavy atom. The van der Waals surface area contributed by atoms with Crippen LogP contribution in [0.5, 0.6) is 0 Å². The summed E-state index contributed by atoms with van der Waals surface area (Å²) in [5.41, 5.74) is 8.41. The fourth-order valence-electron chi connectivity index (χ4n) is 6.33. The molecule has 0 spiro atoms. The summed E-state index contributed by atoms with van der Waals surface area (Å²) < 4.78 is 4.90. The minimum absolute atomic E-state index is 0.713. The molecule has 0 saturated heterocycles. The van der Waals surface area contributed by atoms with Crippen LogP contribution in [0.1, 0.15) is 0 Å². The van der Waals surface area contributed by atoms with Crippen molar-refractivity contribution in [3.8, 4) is 39.6 Å². The highest BCUT2D eigenvalue weighted by Gasteiger charge is 2.16. The van der Waals surface area contributed by atoms with Crippen molar-refractivity contribution in [3.05, 3.63) is 152 Å². The smallest absolute Gasteiger partial charge is 0.160 e. The molecule has 4 heteroatoms. The van der Waals surface area contributed by atoms with E-state index >= 15 is 0 Å². The molecule has 0 radical (unpaired) electrons. The molecule has 0 fully saturated rings. The second-order valence-corrected chi connectivity index (χ2v) is 12.1. The molecule has 9 rings (SSSR count). The normalized spacial score (nSPS) is 11.6. The Bertz CT molecular complexity index is 2490. The highest BCUT2D eigenvalue weighted by molar-refractivity contribution is 7.25. The number of fused-ring (bicyclic) bond motifs is 6. The first-order valence-electron chi connectivity index (χ1n) is 14.8. The lowest BCUT2D eigenvalue weighted by molar-refractivity contribution is 1.17. The number of nitrogens with zero attached hydrogens (tertiary/aromatic N) is 3. The van der Waals surface area contributed by atoms with Gasteiger partial charge in [0.1, 0.15) is 0 Å². The van der Waals surface area contributed by atoms with Crippen molar-refractivity contribution in [2.45, 2.75) is 0 Å². The summed E-state index contributed by atoms with van der Waals surface area (Å²) in [6.45, 7) is 0. The molecular weight excluding hydrogens is 555 g/mol. The highest BCUT2D eigenvalue weighted by atomic mass is 32.1. The van der Waals surface area contributed by atoms with Gasteiger partial charge in [-0.15, -0.1) is 11.3 Å². The topological polar surface area (TPSA) is 30.7 Å². The first-order chi connectivity index (χ1) is 21.8. The van der Waals surface area contributed by atoms with Crippen LogP contribution in [0.25, 0.3) is 81.6 Å². The Labute approximate surface area is 258 Å². The van der Waals surface area contributed by atoms with E-state index in [9.17, 15) is 0 Å². The van der Waals surface area contributed by atoms with Crippen LogP contribution in [-0.4, -0.2) is 14.5 Å². The third-order valence-corrected chi connectivity index (χ3v) is 9.55. The van der Waals surface area contributed by atoms with Gasteiger partial charge in [-0.2, -0.15) is 0 Å². The van der Waals surface area contributed by atoms with Crippen molar-refractivity contribution < 1.29 is 0 Å². The molecule has 6 aromatic carbocycles. The number of aromatic nitrogens is 3. The molecule has 0 aliphatic carbocycles. The summed E-state index contributed by atoms with van der Waals surface area (Å²) in [4.78, 5) is 10.3. The minimum atomic E-state index is 0.713. The monoisotopic (exact) mass is 579 g/mol. The molecule has 0 saturated carbocycles. The van der Waals surface area contributed by atoms with Gasteiger partial charge in [0.05, 0.1) is 22.4 Å². The summed E-state index contributed by atoms with van der Waals surface area (Å²) in [6.07, 6.45) is 0. The first-order valence-corrected chi connectivity index (χ1v) is 15.6. The molecule has 3 heterocycles. The van der Waals surface area contributed by atoms with Gasteiger partial charge in [0.25, 0.3) is 0 Å². The number of hydrogen-bond donors (Lipinski definition) is 0. The molecule has 206 valence electrons. The van der Waals surface area contributed by atoms with E-state index in [2.05, 4.69) is 150 Å². The lowest BCUT2D eigenvalue weighted by atomic mass is 10.0. The number of rotatable bonds is 4. The number of para-hydroxylation sites is 2. The molecule has 0 bridgehead atoms. The molecule has 0 aliphatic heterocycles. The second-order valence-electron chi connectivity index (χ2n) is 11.1. The van der Waals surface area contributed by atoms with E-state index in [-0.39, 0.29) is 0 Å². The van der Waals surface area contributed by atoms with Crippen LogP contribution >= 0.6 is 11.3 Å². The fourth-order valence-corrected chi connectivity index (χ4v) is 7.48. The van der Waals surface area contributed by atoms with Crippen molar-refractivity contribution in [2.75, 3.05) is 0 Å². The van der Waals surface area contributed by atoms with E-state index in [0.29, 0.717) is 5.82 Å². The summed E-state index contributed by atoms with van der Waals surface area (Å²) in [5.74, 6) is 0.713. The first kappa shape index (κ1) is 25.0. The van der Waals surface area contributed by atoms with Crippen molar-refractivity contribution >= 4 is 53.3 Å². The minimum Gasteiger partial charge on any atom is -0.309 e. The standard InChI is InChI=1S/C40H25N3S/c1-3-11-26(12-4-1)34-25-35(27-19-22-33-32-16-8-10-18-38(32)44-39(33)24-27)42-40(41-34)28-20-21-31-30-15-7-9-17-36(30)43(37(31)23-28)29-13-5-2-6-14-29/h1-25H. The van der Waals surface area contributed by atoms with Crippen LogP contribution in [0.4, 0.5) is 0 Å². The molecule has 44 heavy (non-hydrogen) atoms. The Morgan fingerprint density at radius 2 is 1.02 bits per heavy atom. The number of thiophene rings is 1. The van der Waals surface area contributed by atoms with Gasteiger partial charge in [-0.3, -0.25) is 0 Å². The van der Waals surface area contributed by atoms with Crippen LogP contribution in [0.2, 0.25) is 0 Å². The van der Waals surface area contributed by atoms with Crippen LogP contribution in [0.3, 0.4) is 0 Å². The van der Waals surface area contributed by atoms with E-state index in [1.807, 2.05) is 17.4 Å². The van der Waals surface area contributed by atoms with Gasteiger partial charge in [-0.05, 0) is 42.5 Å². The summed E-state index contributed by atoms with van der Waals surface area (Å²) >= 11 is 1.83. The number of hydrogen-bond acceptors (Lipinski definition) is 3. The quantitative estimate of drug-likeness (QED) is 0.208. The average Bonchev–Trinajstić information content (AvgIpc) is 3.64. The van der Waals surface area contributed by atoms with Crippen LogP contribution in [0, 0.1) is 0 Å². The van der Waals surface area contributed by atoms with E-state index in [1.54, 1.807) is 0 Å². The molecule has 0 atom stereocenters. The molecule has 0 unspecified atom stereocenters.